The fourth-order valence-electron chi connectivity index (χ4n) is 1.26. The average molecular weight is 238 g/mol. The number of halogens is 2. The average Bonchev–Trinajstić information content (AvgIpc) is 2.25. The lowest BCUT2D eigenvalue weighted by Gasteiger charge is -2.08. The van der Waals surface area contributed by atoms with Crippen LogP contribution in [-0.2, 0) is 0 Å². The lowest BCUT2D eigenvalue weighted by molar-refractivity contribution is 0.480. The van der Waals surface area contributed by atoms with Gasteiger partial charge in [-0.2, -0.15) is 0 Å². The van der Waals surface area contributed by atoms with E-state index in [0.717, 1.165) is 0 Å². The fraction of sp³-hybridized carbons (Fsp3) is 0. The first-order chi connectivity index (χ1) is 7.66. The molecule has 0 spiro atoms. The van der Waals surface area contributed by atoms with Crippen LogP contribution in [0.1, 0.15) is 0 Å². The van der Waals surface area contributed by atoms with E-state index in [-0.39, 0.29) is 11.4 Å². The van der Waals surface area contributed by atoms with Gasteiger partial charge in [-0.3, -0.25) is 0 Å². The summed E-state index contributed by atoms with van der Waals surface area (Å²) in [6.07, 6.45) is 0. The number of nitrogens with two attached hydrogens (primary N) is 1. The van der Waals surface area contributed by atoms with Crippen LogP contribution < -0.4 is 10.5 Å². The Morgan fingerprint density at radius 2 is 1.88 bits per heavy atom. The standard InChI is InChI=1S/C12H9ClFNO/c13-8-3-1-4-9(7-8)16-11-6-2-5-10(14)12(11)15/h1-7H,15H2. The Kier molecular flexibility index (Phi) is 2.97. The van der Waals surface area contributed by atoms with Gasteiger partial charge in [0, 0.05) is 5.02 Å². The number of para-hydroxylation sites is 1. The van der Waals surface area contributed by atoms with Crippen molar-refractivity contribution in [3.05, 3.63) is 53.3 Å². The Hall–Kier alpha value is -1.74. The zero-order chi connectivity index (χ0) is 11.5. The largest absolute Gasteiger partial charge is 0.455 e. The summed E-state index contributed by atoms with van der Waals surface area (Å²) in [7, 11) is 0. The highest BCUT2D eigenvalue weighted by Gasteiger charge is 2.06. The van der Waals surface area contributed by atoms with Crippen LogP contribution in [0, 0.1) is 5.82 Å². The molecule has 2 rings (SSSR count). The summed E-state index contributed by atoms with van der Waals surface area (Å²) in [5.74, 6) is 0.298. The van der Waals surface area contributed by atoms with Crippen LogP contribution in [0.4, 0.5) is 10.1 Å². The second kappa shape index (κ2) is 4.41. The molecule has 16 heavy (non-hydrogen) atoms. The summed E-state index contributed by atoms with van der Waals surface area (Å²) in [6, 6.07) is 11.2. The monoisotopic (exact) mass is 237 g/mol. The third kappa shape index (κ3) is 2.25. The number of ether oxygens (including phenoxy) is 1. The van der Waals surface area contributed by atoms with E-state index in [4.69, 9.17) is 22.1 Å². The molecule has 0 bridgehead atoms. The third-order valence-corrected chi connectivity index (χ3v) is 2.27. The zero-order valence-electron chi connectivity index (χ0n) is 8.28. The van der Waals surface area contributed by atoms with Gasteiger partial charge in [0.15, 0.2) is 5.75 Å². The van der Waals surface area contributed by atoms with Crippen LogP contribution in [0.15, 0.2) is 42.5 Å². The third-order valence-electron chi connectivity index (χ3n) is 2.04. The molecule has 0 saturated heterocycles. The summed E-state index contributed by atoms with van der Waals surface area (Å²) in [6.45, 7) is 0. The maximum absolute atomic E-state index is 13.1. The topological polar surface area (TPSA) is 35.2 Å². The maximum atomic E-state index is 13.1. The van der Waals surface area contributed by atoms with Crippen LogP contribution in [-0.4, -0.2) is 0 Å². The van der Waals surface area contributed by atoms with Crippen molar-refractivity contribution < 1.29 is 9.13 Å². The molecule has 0 heterocycles. The molecule has 2 aromatic rings. The molecule has 0 atom stereocenters. The number of nitrogen functional groups attached to an aromatic ring is 1. The highest BCUT2D eigenvalue weighted by Crippen LogP contribution is 2.30. The van der Waals surface area contributed by atoms with Crippen molar-refractivity contribution >= 4 is 17.3 Å². The van der Waals surface area contributed by atoms with Gasteiger partial charge in [0.2, 0.25) is 0 Å². The quantitative estimate of drug-likeness (QED) is 0.805. The van der Waals surface area contributed by atoms with Crippen LogP contribution >= 0.6 is 11.6 Å². The molecule has 82 valence electrons. The van der Waals surface area contributed by atoms with Crippen molar-refractivity contribution in [2.24, 2.45) is 0 Å². The summed E-state index contributed by atoms with van der Waals surface area (Å²) in [5, 5.41) is 0.549. The van der Waals surface area contributed by atoms with Gasteiger partial charge in [0.05, 0.1) is 0 Å². The minimum atomic E-state index is -0.500. The molecule has 0 aliphatic heterocycles. The molecule has 2 N–H and O–H groups in total. The van der Waals surface area contributed by atoms with E-state index in [1.807, 2.05) is 0 Å². The number of hydrogen-bond acceptors (Lipinski definition) is 2. The van der Waals surface area contributed by atoms with Gasteiger partial charge < -0.3 is 10.5 Å². The van der Waals surface area contributed by atoms with Crippen molar-refractivity contribution in [1.82, 2.24) is 0 Å². The Balaban J connectivity index is 2.31. The molecule has 0 aliphatic carbocycles. The lowest BCUT2D eigenvalue weighted by atomic mass is 10.3. The molecule has 0 unspecified atom stereocenters. The van der Waals surface area contributed by atoms with Crippen LogP contribution in [0.3, 0.4) is 0 Å². The second-order valence-electron chi connectivity index (χ2n) is 3.21. The Labute approximate surface area is 97.4 Å². The van der Waals surface area contributed by atoms with Gasteiger partial charge in [-0.25, -0.2) is 4.39 Å². The molecule has 0 aromatic heterocycles. The van der Waals surface area contributed by atoms with Crippen LogP contribution in [0.5, 0.6) is 11.5 Å². The Morgan fingerprint density at radius 3 is 2.62 bits per heavy atom. The number of anilines is 1. The van der Waals surface area contributed by atoms with E-state index in [1.165, 1.54) is 12.1 Å². The predicted octanol–water partition coefficient (Wildman–Crippen LogP) is 3.85. The maximum Gasteiger partial charge on any atom is 0.153 e. The molecular formula is C12H9ClFNO. The number of rotatable bonds is 2. The normalized spacial score (nSPS) is 10.1. The molecule has 0 saturated carbocycles. The van der Waals surface area contributed by atoms with Crippen molar-refractivity contribution in [3.8, 4) is 11.5 Å². The Morgan fingerprint density at radius 1 is 1.12 bits per heavy atom. The molecule has 2 nitrogen and oxygen atoms in total. The highest BCUT2D eigenvalue weighted by molar-refractivity contribution is 6.30. The van der Waals surface area contributed by atoms with E-state index in [1.54, 1.807) is 30.3 Å². The van der Waals surface area contributed by atoms with Gasteiger partial charge in [0.1, 0.15) is 17.3 Å². The molecular weight excluding hydrogens is 229 g/mol. The SMILES string of the molecule is Nc1c(F)cccc1Oc1cccc(Cl)c1. The first-order valence-corrected chi connectivity index (χ1v) is 5.02. The zero-order valence-corrected chi connectivity index (χ0v) is 9.04. The molecule has 4 heteroatoms. The molecule has 0 radical (unpaired) electrons. The molecule has 0 fully saturated rings. The number of hydrogen-bond donors (Lipinski definition) is 1. The van der Waals surface area contributed by atoms with E-state index >= 15 is 0 Å². The molecule has 0 amide bonds. The van der Waals surface area contributed by atoms with Crippen molar-refractivity contribution in [2.75, 3.05) is 5.73 Å². The van der Waals surface area contributed by atoms with Gasteiger partial charge >= 0.3 is 0 Å². The van der Waals surface area contributed by atoms with E-state index in [2.05, 4.69) is 0 Å². The summed E-state index contributed by atoms with van der Waals surface area (Å²) in [5.41, 5.74) is 5.52. The minimum absolute atomic E-state index is 0.0116. The second-order valence-corrected chi connectivity index (χ2v) is 3.65. The minimum Gasteiger partial charge on any atom is -0.455 e. The number of benzene rings is 2. The van der Waals surface area contributed by atoms with E-state index < -0.39 is 5.82 Å². The summed E-state index contributed by atoms with van der Waals surface area (Å²) < 4.78 is 18.6. The highest BCUT2D eigenvalue weighted by atomic mass is 35.5. The predicted molar refractivity (Wildman–Crippen MR) is 62.3 cm³/mol. The van der Waals surface area contributed by atoms with Crippen molar-refractivity contribution in [3.63, 3.8) is 0 Å². The molecule has 0 aliphatic rings. The smallest absolute Gasteiger partial charge is 0.153 e. The van der Waals surface area contributed by atoms with E-state index in [0.29, 0.717) is 10.8 Å². The summed E-state index contributed by atoms with van der Waals surface area (Å²) in [4.78, 5) is 0. The Bertz CT molecular complexity index is 516. The van der Waals surface area contributed by atoms with Crippen LogP contribution in [0.2, 0.25) is 5.02 Å². The van der Waals surface area contributed by atoms with Crippen molar-refractivity contribution in [1.29, 1.82) is 0 Å². The summed E-state index contributed by atoms with van der Waals surface area (Å²) >= 11 is 5.80. The van der Waals surface area contributed by atoms with Crippen LogP contribution in [0.25, 0.3) is 0 Å². The molecule has 2 aromatic carbocycles. The van der Waals surface area contributed by atoms with Gasteiger partial charge in [-0.15, -0.1) is 0 Å². The first kappa shape index (κ1) is 10.8. The fourth-order valence-corrected chi connectivity index (χ4v) is 1.44. The van der Waals surface area contributed by atoms with E-state index in [9.17, 15) is 4.39 Å². The van der Waals surface area contributed by atoms with Gasteiger partial charge in [-0.1, -0.05) is 23.7 Å². The first-order valence-electron chi connectivity index (χ1n) is 4.64. The van der Waals surface area contributed by atoms with Gasteiger partial charge in [-0.05, 0) is 30.3 Å². The van der Waals surface area contributed by atoms with Crippen molar-refractivity contribution in [2.45, 2.75) is 0 Å². The lowest BCUT2D eigenvalue weighted by Crippen LogP contribution is -1.95. The van der Waals surface area contributed by atoms with Gasteiger partial charge in [0.25, 0.3) is 0 Å².